The molecule has 0 aliphatic heterocycles. The molecular formula is C27H26F3NO4. The molecule has 1 aliphatic rings. The van der Waals surface area contributed by atoms with Gasteiger partial charge in [-0.1, -0.05) is 12.1 Å². The summed E-state index contributed by atoms with van der Waals surface area (Å²) in [6, 6.07) is 12.2. The number of carboxylic acids is 1. The van der Waals surface area contributed by atoms with Gasteiger partial charge in [-0.3, -0.25) is 4.98 Å². The van der Waals surface area contributed by atoms with Gasteiger partial charge < -0.3 is 14.6 Å². The maximum absolute atomic E-state index is 13.1. The van der Waals surface area contributed by atoms with Crippen LogP contribution in [0.3, 0.4) is 0 Å². The summed E-state index contributed by atoms with van der Waals surface area (Å²) in [6.45, 7) is 5.02. The topological polar surface area (TPSA) is 68.7 Å². The largest absolute Gasteiger partial charge is 0.489 e. The lowest BCUT2D eigenvalue weighted by atomic mass is 10.0. The number of nitrogens with zero attached hydrogens (tertiary/aromatic N) is 1. The zero-order valence-electron chi connectivity index (χ0n) is 19.6. The van der Waals surface area contributed by atoms with Crippen LogP contribution in [0.2, 0.25) is 0 Å². The molecule has 0 saturated heterocycles. The van der Waals surface area contributed by atoms with Gasteiger partial charge >= 0.3 is 12.1 Å². The molecule has 1 aromatic heterocycles. The summed E-state index contributed by atoms with van der Waals surface area (Å²) >= 11 is 0. The van der Waals surface area contributed by atoms with Crippen LogP contribution in [0.1, 0.15) is 54.9 Å². The van der Waals surface area contributed by atoms with Crippen molar-refractivity contribution in [3.8, 4) is 22.8 Å². The molecule has 0 radical (unpaired) electrons. The van der Waals surface area contributed by atoms with E-state index in [1.54, 1.807) is 37.4 Å². The predicted octanol–water partition coefficient (Wildman–Crippen LogP) is 6.77. The number of aryl methyl sites for hydroxylation is 1. The summed E-state index contributed by atoms with van der Waals surface area (Å²) < 4.78 is 51.0. The molecule has 1 N–H and O–H groups in total. The van der Waals surface area contributed by atoms with Crippen molar-refractivity contribution in [2.75, 3.05) is 0 Å². The third-order valence-electron chi connectivity index (χ3n) is 5.95. The third kappa shape index (κ3) is 5.75. The number of aliphatic carboxylic acids is 1. The molecule has 0 unspecified atom stereocenters. The second-order valence-corrected chi connectivity index (χ2v) is 9.25. The second kappa shape index (κ2) is 9.24. The Bertz CT molecular complexity index is 1250. The van der Waals surface area contributed by atoms with Crippen LogP contribution in [0.15, 0.2) is 54.7 Å². The first-order valence-electron chi connectivity index (χ1n) is 11.3. The van der Waals surface area contributed by atoms with Gasteiger partial charge in [-0.2, -0.15) is 13.2 Å². The molecule has 1 saturated carbocycles. The van der Waals surface area contributed by atoms with E-state index < -0.39 is 23.3 Å². The molecule has 2 aromatic carbocycles. The SMILES string of the molecule is Cc1cc(OCc2cnc(-c3cccc(C(F)(F)F)c3)cc2C2CC2)ccc1OC(C)(C)C(=O)O. The summed E-state index contributed by atoms with van der Waals surface area (Å²) in [7, 11) is 0. The first-order valence-corrected chi connectivity index (χ1v) is 11.3. The molecule has 0 spiro atoms. The van der Waals surface area contributed by atoms with E-state index in [9.17, 15) is 23.1 Å². The number of ether oxygens (including phenoxy) is 2. The third-order valence-corrected chi connectivity index (χ3v) is 5.95. The number of hydrogen-bond acceptors (Lipinski definition) is 4. The minimum atomic E-state index is -4.41. The van der Waals surface area contributed by atoms with Gasteiger partial charge in [0.15, 0.2) is 5.60 Å². The van der Waals surface area contributed by atoms with Crippen LogP contribution < -0.4 is 9.47 Å². The van der Waals surface area contributed by atoms with E-state index in [-0.39, 0.29) is 6.61 Å². The zero-order chi connectivity index (χ0) is 25.4. The highest BCUT2D eigenvalue weighted by molar-refractivity contribution is 5.76. The Kier molecular flexibility index (Phi) is 6.49. The fourth-order valence-corrected chi connectivity index (χ4v) is 3.71. The van der Waals surface area contributed by atoms with Crippen molar-refractivity contribution >= 4 is 5.97 Å². The highest BCUT2D eigenvalue weighted by Gasteiger charge is 2.32. The van der Waals surface area contributed by atoms with Crippen molar-refractivity contribution in [3.63, 3.8) is 0 Å². The monoisotopic (exact) mass is 485 g/mol. The number of aromatic nitrogens is 1. The maximum Gasteiger partial charge on any atom is 0.416 e. The van der Waals surface area contributed by atoms with Gasteiger partial charge in [0.25, 0.3) is 0 Å². The number of carbonyl (C=O) groups is 1. The van der Waals surface area contributed by atoms with Crippen molar-refractivity contribution in [3.05, 3.63) is 77.0 Å². The molecule has 1 fully saturated rings. The second-order valence-electron chi connectivity index (χ2n) is 9.25. The molecule has 5 nitrogen and oxygen atoms in total. The van der Waals surface area contributed by atoms with Crippen LogP contribution in [0, 0.1) is 6.92 Å². The fraction of sp³-hybridized carbons (Fsp3) is 0.333. The molecular weight excluding hydrogens is 459 g/mol. The summed E-state index contributed by atoms with van der Waals surface area (Å²) in [6.07, 6.45) is -0.707. The van der Waals surface area contributed by atoms with E-state index in [2.05, 4.69) is 4.98 Å². The van der Waals surface area contributed by atoms with Crippen molar-refractivity contribution in [2.45, 2.75) is 57.9 Å². The minimum absolute atomic E-state index is 0.252. The molecule has 0 amide bonds. The Labute approximate surface area is 201 Å². The Morgan fingerprint density at radius 2 is 1.86 bits per heavy atom. The number of pyridine rings is 1. The van der Waals surface area contributed by atoms with Crippen molar-refractivity contribution in [2.24, 2.45) is 0 Å². The van der Waals surface area contributed by atoms with Gasteiger partial charge in [-0.15, -0.1) is 0 Å². The average molecular weight is 486 g/mol. The van der Waals surface area contributed by atoms with Crippen molar-refractivity contribution in [1.29, 1.82) is 0 Å². The number of alkyl halides is 3. The normalized spacial score (nSPS) is 14.0. The summed E-state index contributed by atoms with van der Waals surface area (Å²) in [4.78, 5) is 15.7. The van der Waals surface area contributed by atoms with Gasteiger partial charge in [0.1, 0.15) is 18.1 Å². The van der Waals surface area contributed by atoms with E-state index in [4.69, 9.17) is 9.47 Å². The van der Waals surface area contributed by atoms with E-state index in [1.165, 1.54) is 19.9 Å². The Balaban J connectivity index is 1.52. The molecule has 1 aliphatic carbocycles. The van der Waals surface area contributed by atoms with Gasteiger partial charge in [-0.25, -0.2) is 4.79 Å². The average Bonchev–Trinajstić information content (AvgIpc) is 3.64. The summed E-state index contributed by atoms with van der Waals surface area (Å²) in [5, 5.41) is 9.27. The zero-order valence-corrected chi connectivity index (χ0v) is 19.6. The quantitative estimate of drug-likeness (QED) is 0.381. The molecule has 35 heavy (non-hydrogen) atoms. The van der Waals surface area contributed by atoms with Crippen LogP contribution >= 0.6 is 0 Å². The van der Waals surface area contributed by atoms with Crippen LogP contribution in [-0.2, 0) is 17.6 Å². The van der Waals surface area contributed by atoms with E-state index in [0.717, 1.165) is 41.7 Å². The first-order chi connectivity index (χ1) is 16.4. The Morgan fingerprint density at radius 3 is 2.49 bits per heavy atom. The maximum atomic E-state index is 13.1. The molecule has 0 bridgehead atoms. The molecule has 4 rings (SSSR count). The van der Waals surface area contributed by atoms with Crippen LogP contribution in [0.25, 0.3) is 11.3 Å². The lowest BCUT2D eigenvalue weighted by Crippen LogP contribution is -2.38. The lowest BCUT2D eigenvalue weighted by Gasteiger charge is -2.23. The predicted molar refractivity (Wildman–Crippen MR) is 125 cm³/mol. The highest BCUT2D eigenvalue weighted by atomic mass is 19.4. The molecule has 1 heterocycles. The smallest absolute Gasteiger partial charge is 0.416 e. The van der Waals surface area contributed by atoms with Crippen molar-refractivity contribution < 1.29 is 32.5 Å². The lowest BCUT2D eigenvalue weighted by molar-refractivity contribution is -0.152. The molecule has 0 atom stereocenters. The van der Waals surface area contributed by atoms with Crippen LogP contribution in [0.4, 0.5) is 13.2 Å². The van der Waals surface area contributed by atoms with Crippen LogP contribution in [-0.4, -0.2) is 21.7 Å². The van der Waals surface area contributed by atoms with E-state index in [0.29, 0.717) is 28.7 Å². The molecule has 3 aromatic rings. The minimum Gasteiger partial charge on any atom is -0.489 e. The Morgan fingerprint density at radius 1 is 1.11 bits per heavy atom. The standard InChI is InChI=1S/C27H26F3NO4/c1-16-11-21(9-10-24(16)35-26(2,3)25(32)33)34-15-19-14-31-23(13-22(19)17-7-8-17)18-5-4-6-20(12-18)27(28,29)30/h4-6,9-14,17H,7-8,15H2,1-3H3,(H,32,33). The molecule has 184 valence electrons. The number of rotatable bonds is 8. The van der Waals surface area contributed by atoms with Gasteiger partial charge in [0, 0.05) is 17.3 Å². The number of benzene rings is 2. The van der Waals surface area contributed by atoms with Crippen molar-refractivity contribution in [1.82, 2.24) is 4.98 Å². The summed E-state index contributed by atoms with van der Waals surface area (Å²) in [5.74, 6) is 0.324. The highest BCUT2D eigenvalue weighted by Crippen LogP contribution is 2.43. The number of halogens is 3. The Hall–Kier alpha value is -3.55. The number of carboxylic acid groups (broad SMARTS) is 1. The number of hydrogen-bond donors (Lipinski definition) is 1. The molecule has 8 heteroatoms. The van der Waals surface area contributed by atoms with Gasteiger partial charge in [0.2, 0.25) is 0 Å². The fourth-order valence-electron chi connectivity index (χ4n) is 3.71. The van der Waals surface area contributed by atoms with Gasteiger partial charge in [0.05, 0.1) is 11.3 Å². The summed E-state index contributed by atoms with van der Waals surface area (Å²) in [5.41, 5.74) is 1.51. The van der Waals surface area contributed by atoms with E-state index >= 15 is 0 Å². The van der Waals surface area contributed by atoms with E-state index in [1.807, 2.05) is 6.07 Å². The van der Waals surface area contributed by atoms with Crippen LogP contribution in [0.5, 0.6) is 11.5 Å². The first kappa shape index (κ1) is 24.6. The van der Waals surface area contributed by atoms with Gasteiger partial charge in [-0.05, 0) is 87.1 Å².